The Kier molecular flexibility index (Phi) is 5.29. The van der Waals surface area contributed by atoms with Crippen molar-refractivity contribution in [2.45, 2.75) is 19.5 Å². The summed E-state index contributed by atoms with van der Waals surface area (Å²) in [5, 5.41) is 8.91. The molecule has 0 bridgehead atoms. The third-order valence-electron chi connectivity index (χ3n) is 2.97. The molecule has 0 amide bonds. The Balaban J connectivity index is 2.03. The molecule has 6 heteroatoms. The first-order valence-electron chi connectivity index (χ1n) is 6.33. The number of aromatic nitrogens is 2. The van der Waals surface area contributed by atoms with Crippen molar-refractivity contribution in [3.05, 3.63) is 46.2 Å². The van der Waals surface area contributed by atoms with E-state index in [-0.39, 0.29) is 6.04 Å². The number of hydrogen-bond donors (Lipinski definition) is 1. The van der Waals surface area contributed by atoms with Gasteiger partial charge in [0.2, 0.25) is 0 Å². The number of rotatable bonds is 6. The van der Waals surface area contributed by atoms with Crippen molar-refractivity contribution < 1.29 is 4.74 Å². The molecule has 1 aromatic heterocycles. The Morgan fingerprint density at radius 3 is 2.90 bits per heavy atom. The maximum Gasteiger partial charge on any atom is 0.0731 e. The smallest absolute Gasteiger partial charge is 0.0731 e. The van der Waals surface area contributed by atoms with E-state index in [1.807, 2.05) is 29.9 Å². The van der Waals surface area contributed by atoms with Gasteiger partial charge in [-0.15, -0.1) is 0 Å². The second-order valence-electron chi connectivity index (χ2n) is 4.52. The fourth-order valence-corrected chi connectivity index (χ4v) is 2.50. The van der Waals surface area contributed by atoms with Gasteiger partial charge in [-0.1, -0.05) is 29.3 Å². The highest BCUT2D eigenvalue weighted by molar-refractivity contribution is 6.35. The minimum atomic E-state index is 0.0693. The molecule has 2 rings (SSSR count). The molecule has 0 aliphatic carbocycles. The number of nitrogens with one attached hydrogen (secondary N) is 1. The molecule has 0 spiro atoms. The summed E-state index contributed by atoms with van der Waals surface area (Å²) in [6.45, 7) is 3.41. The molecule has 0 aliphatic rings. The summed E-state index contributed by atoms with van der Waals surface area (Å²) in [5.74, 6) is 0. The van der Waals surface area contributed by atoms with E-state index in [1.165, 1.54) is 0 Å². The van der Waals surface area contributed by atoms with Crippen LogP contribution in [0.25, 0.3) is 0 Å². The Morgan fingerprint density at radius 2 is 2.20 bits per heavy atom. The highest BCUT2D eigenvalue weighted by Gasteiger charge is 2.11. The van der Waals surface area contributed by atoms with Crippen molar-refractivity contribution in [3.8, 4) is 0 Å². The molecule has 108 valence electrons. The van der Waals surface area contributed by atoms with Gasteiger partial charge < -0.3 is 10.1 Å². The second kappa shape index (κ2) is 6.97. The van der Waals surface area contributed by atoms with Crippen LogP contribution in [0.5, 0.6) is 0 Å². The van der Waals surface area contributed by atoms with Crippen LogP contribution in [0.15, 0.2) is 30.6 Å². The fourth-order valence-electron chi connectivity index (χ4n) is 1.93. The summed E-state index contributed by atoms with van der Waals surface area (Å²) in [4.78, 5) is 0. The maximum absolute atomic E-state index is 6.20. The fraction of sp³-hybridized carbons (Fsp3) is 0.357. The first-order valence-corrected chi connectivity index (χ1v) is 7.08. The molecular weight excluding hydrogens is 297 g/mol. The Hall–Kier alpha value is -1.23. The van der Waals surface area contributed by atoms with E-state index in [0.717, 1.165) is 17.8 Å². The molecule has 0 aliphatic heterocycles. The number of hydrogen-bond acceptors (Lipinski definition) is 3. The molecule has 2 aromatic rings. The third-order valence-corrected chi connectivity index (χ3v) is 3.53. The van der Waals surface area contributed by atoms with Crippen molar-refractivity contribution >= 4 is 28.9 Å². The summed E-state index contributed by atoms with van der Waals surface area (Å²) >= 11 is 12.1. The zero-order valence-electron chi connectivity index (χ0n) is 11.4. The van der Waals surface area contributed by atoms with Crippen molar-refractivity contribution in [2.75, 3.05) is 19.0 Å². The normalized spacial score (nSPS) is 12.4. The minimum absolute atomic E-state index is 0.0693. The summed E-state index contributed by atoms with van der Waals surface area (Å²) in [7, 11) is 1.67. The zero-order chi connectivity index (χ0) is 14.5. The average molecular weight is 314 g/mol. The lowest BCUT2D eigenvalue weighted by atomic mass is 10.1. The van der Waals surface area contributed by atoms with Gasteiger partial charge in [-0.05, 0) is 24.6 Å². The second-order valence-corrected chi connectivity index (χ2v) is 5.36. The van der Waals surface area contributed by atoms with Gasteiger partial charge >= 0.3 is 0 Å². The number of benzene rings is 1. The Morgan fingerprint density at radius 1 is 1.40 bits per heavy atom. The Bertz CT molecular complexity index is 571. The first-order chi connectivity index (χ1) is 9.60. The van der Waals surface area contributed by atoms with Crippen molar-refractivity contribution in [1.82, 2.24) is 9.78 Å². The molecule has 0 radical (unpaired) electrons. The van der Waals surface area contributed by atoms with E-state index in [1.54, 1.807) is 19.4 Å². The van der Waals surface area contributed by atoms with Gasteiger partial charge in [0.25, 0.3) is 0 Å². The quantitative estimate of drug-likeness (QED) is 0.875. The van der Waals surface area contributed by atoms with Crippen LogP contribution < -0.4 is 5.32 Å². The summed E-state index contributed by atoms with van der Waals surface area (Å²) in [6.07, 6.45) is 3.73. The topological polar surface area (TPSA) is 39.1 Å². The van der Waals surface area contributed by atoms with Gasteiger partial charge in [-0.25, -0.2) is 0 Å². The lowest BCUT2D eigenvalue weighted by molar-refractivity contribution is 0.183. The lowest BCUT2D eigenvalue weighted by Crippen LogP contribution is -2.07. The number of halogens is 2. The summed E-state index contributed by atoms with van der Waals surface area (Å²) < 4.78 is 6.86. The number of methoxy groups -OCH3 is 1. The van der Waals surface area contributed by atoms with Gasteiger partial charge in [0.05, 0.1) is 31.1 Å². The third kappa shape index (κ3) is 3.88. The largest absolute Gasteiger partial charge is 0.383 e. The number of nitrogens with zero attached hydrogens (tertiary/aromatic N) is 2. The van der Waals surface area contributed by atoms with Gasteiger partial charge in [0, 0.05) is 23.4 Å². The molecule has 1 unspecified atom stereocenters. The predicted molar refractivity (Wildman–Crippen MR) is 82.6 cm³/mol. The predicted octanol–water partition coefficient (Wildman–Crippen LogP) is 4.01. The number of anilines is 1. The van der Waals surface area contributed by atoms with E-state index >= 15 is 0 Å². The Labute approximate surface area is 128 Å². The molecule has 0 fully saturated rings. The molecule has 0 saturated heterocycles. The van der Waals surface area contributed by atoms with Crippen LogP contribution in [0.3, 0.4) is 0 Å². The van der Waals surface area contributed by atoms with Gasteiger partial charge in [-0.3, -0.25) is 4.68 Å². The molecule has 20 heavy (non-hydrogen) atoms. The van der Waals surface area contributed by atoms with E-state index in [9.17, 15) is 0 Å². The summed E-state index contributed by atoms with van der Waals surface area (Å²) in [5.41, 5.74) is 1.94. The maximum atomic E-state index is 6.20. The van der Waals surface area contributed by atoms with Crippen molar-refractivity contribution in [3.63, 3.8) is 0 Å². The molecule has 4 nitrogen and oxygen atoms in total. The van der Waals surface area contributed by atoms with E-state index < -0.39 is 0 Å². The number of ether oxygens (including phenoxy) is 1. The van der Waals surface area contributed by atoms with Crippen LogP contribution in [0.1, 0.15) is 18.5 Å². The molecular formula is C14H17Cl2N3O. The van der Waals surface area contributed by atoms with E-state index in [0.29, 0.717) is 16.7 Å². The van der Waals surface area contributed by atoms with Crippen LogP contribution in [0, 0.1) is 0 Å². The highest BCUT2D eigenvalue weighted by Crippen LogP contribution is 2.28. The van der Waals surface area contributed by atoms with Crippen LogP contribution in [-0.2, 0) is 11.3 Å². The highest BCUT2D eigenvalue weighted by atomic mass is 35.5. The summed E-state index contributed by atoms with van der Waals surface area (Å²) in [6, 6.07) is 5.58. The minimum Gasteiger partial charge on any atom is -0.383 e. The molecule has 0 saturated carbocycles. The zero-order valence-corrected chi connectivity index (χ0v) is 12.9. The van der Waals surface area contributed by atoms with Crippen molar-refractivity contribution in [1.29, 1.82) is 0 Å². The standard InChI is InChI=1S/C14H17Cl2N3O/c1-10(13-4-3-11(15)7-14(13)16)18-12-8-17-19(9-12)5-6-20-2/h3-4,7-10,18H,5-6H2,1-2H3. The average Bonchev–Trinajstić information content (AvgIpc) is 2.83. The van der Waals surface area contributed by atoms with E-state index in [4.69, 9.17) is 27.9 Å². The van der Waals surface area contributed by atoms with Crippen molar-refractivity contribution in [2.24, 2.45) is 0 Å². The van der Waals surface area contributed by atoms with Gasteiger partial charge in [-0.2, -0.15) is 5.10 Å². The van der Waals surface area contributed by atoms with Crippen LogP contribution in [0.2, 0.25) is 10.0 Å². The SMILES string of the molecule is COCCn1cc(NC(C)c2ccc(Cl)cc2Cl)cn1. The lowest BCUT2D eigenvalue weighted by Gasteiger charge is -2.15. The van der Waals surface area contributed by atoms with E-state index in [2.05, 4.69) is 10.4 Å². The van der Waals surface area contributed by atoms with Gasteiger partial charge in [0.1, 0.15) is 0 Å². The molecule has 1 aromatic carbocycles. The molecule has 1 N–H and O–H groups in total. The molecule has 1 heterocycles. The van der Waals surface area contributed by atoms with Crippen LogP contribution in [0.4, 0.5) is 5.69 Å². The van der Waals surface area contributed by atoms with Crippen LogP contribution in [-0.4, -0.2) is 23.5 Å². The van der Waals surface area contributed by atoms with Crippen LogP contribution >= 0.6 is 23.2 Å². The van der Waals surface area contributed by atoms with Gasteiger partial charge in [0.15, 0.2) is 0 Å². The molecule has 1 atom stereocenters. The monoisotopic (exact) mass is 313 g/mol. The first kappa shape index (κ1) is 15.2.